The van der Waals surface area contributed by atoms with E-state index in [2.05, 4.69) is 0 Å². The van der Waals surface area contributed by atoms with Crippen LogP contribution >= 0.6 is 0 Å². The third-order valence-corrected chi connectivity index (χ3v) is 2.87. The van der Waals surface area contributed by atoms with Crippen molar-refractivity contribution in [1.29, 1.82) is 0 Å². The predicted molar refractivity (Wildman–Crippen MR) is 51.7 cm³/mol. The molecule has 0 radical (unpaired) electrons. The van der Waals surface area contributed by atoms with Crippen LogP contribution in [0.1, 0.15) is 23.5 Å². The first-order chi connectivity index (χ1) is 7.73. The molecule has 94 valence electrons. The number of hydrogen-bond donors (Lipinski definition) is 1. The average molecular weight is 251 g/mol. The van der Waals surface area contributed by atoms with Crippen LogP contribution in [0.25, 0.3) is 0 Å². The molecule has 0 amide bonds. The highest BCUT2D eigenvalue weighted by Crippen LogP contribution is 2.46. The summed E-state index contributed by atoms with van der Waals surface area (Å²) in [5.74, 6) is -4.92. The Morgan fingerprint density at radius 2 is 1.71 bits per heavy atom. The largest absolute Gasteiger partial charge is 0.458 e. The Morgan fingerprint density at radius 1 is 1.12 bits per heavy atom. The molecule has 1 aliphatic rings. The van der Waals surface area contributed by atoms with Gasteiger partial charge in [0.05, 0.1) is 0 Å². The minimum absolute atomic E-state index is 0.0982. The van der Waals surface area contributed by atoms with E-state index in [1.165, 1.54) is 12.1 Å². The van der Waals surface area contributed by atoms with Crippen molar-refractivity contribution in [3.63, 3.8) is 0 Å². The van der Waals surface area contributed by atoms with Crippen LogP contribution in [0.4, 0.5) is 22.0 Å². The van der Waals surface area contributed by atoms with Crippen molar-refractivity contribution in [3.05, 3.63) is 35.4 Å². The fourth-order valence-electron chi connectivity index (χ4n) is 1.73. The maximum Gasteiger partial charge on any atom is 0.458 e. The van der Waals surface area contributed by atoms with Crippen LogP contribution in [0.15, 0.2) is 24.3 Å². The predicted octanol–water partition coefficient (Wildman–Crippen LogP) is 3.16. The highest BCUT2D eigenvalue weighted by Gasteiger charge is 2.58. The lowest BCUT2D eigenvalue weighted by atomic mass is 10.0. The van der Waals surface area contributed by atoms with Crippen molar-refractivity contribution in [2.45, 2.75) is 30.5 Å². The van der Waals surface area contributed by atoms with Gasteiger partial charge in [-0.15, -0.1) is 0 Å². The first-order valence-electron chi connectivity index (χ1n) is 5.04. The molecule has 2 unspecified atom stereocenters. The fourth-order valence-corrected chi connectivity index (χ4v) is 1.73. The van der Waals surface area contributed by atoms with Gasteiger partial charge in [0.15, 0.2) is 0 Å². The normalized spacial score (nSPS) is 24.8. The van der Waals surface area contributed by atoms with Gasteiger partial charge in [0.2, 0.25) is 0 Å². The highest BCUT2D eigenvalue weighted by molar-refractivity contribution is 5.34. The van der Waals surface area contributed by atoms with E-state index in [0.717, 1.165) is 12.1 Å². The third kappa shape index (κ3) is 2.13. The molecule has 0 saturated heterocycles. The van der Waals surface area contributed by atoms with Crippen molar-refractivity contribution < 1.29 is 22.0 Å². The van der Waals surface area contributed by atoms with Crippen LogP contribution in [0.5, 0.6) is 0 Å². The molecule has 0 heterocycles. The SMILES string of the molecule is NC1CC1c1cccc(C(F)(F)C(F)(F)F)c1. The number of benzene rings is 1. The summed E-state index contributed by atoms with van der Waals surface area (Å²) in [6, 6.07) is 4.27. The summed E-state index contributed by atoms with van der Waals surface area (Å²) in [6.07, 6.45) is -4.95. The first-order valence-corrected chi connectivity index (χ1v) is 5.04. The van der Waals surface area contributed by atoms with E-state index in [1.54, 1.807) is 0 Å². The summed E-state index contributed by atoms with van der Waals surface area (Å²) in [5, 5.41) is 0. The number of halogens is 5. The molecule has 0 aromatic heterocycles. The first kappa shape index (κ1) is 12.3. The zero-order chi connectivity index (χ0) is 12.8. The van der Waals surface area contributed by atoms with Gasteiger partial charge < -0.3 is 5.73 Å². The quantitative estimate of drug-likeness (QED) is 0.803. The number of nitrogens with two attached hydrogens (primary N) is 1. The van der Waals surface area contributed by atoms with E-state index in [1.807, 2.05) is 0 Å². The molecule has 1 fully saturated rings. The summed E-state index contributed by atoms with van der Waals surface area (Å²) < 4.78 is 62.6. The maximum absolute atomic E-state index is 13.1. The molecule has 0 aliphatic heterocycles. The Morgan fingerprint density at radius 3 is 2.18 bits per heavy atom. The third-order valence-electron chi connectivity index (χ3n) is 2.87. The molecule has 17 heavy (non-hydrogen) atoms. The van der Waals surface area contributed by atoms with Gasteiger partial charge in [-0.25, -0.2) is 0 Å². The molecule has 2 N–H and O–H groups in total. The fraction of sp³-hybridized carbons (Fsp3) is 0.455. The molecule has 1 saturated carbocycles. The van der Waals surface area contributed by atoms with Crippen molar-refractivity contribution in [1.82, 2.24) is 0 Å². The molecule has 0 spiro atoms. The molecule has 1 nitrogen and oxygen atoms in total. The van der Waals surface area contributed by atoms with Crippen LogP contribution in [0.2, 0.25) is 0 Å². The standard InChI is InChI=1S/C11H10F5N/c12-10(13,11(14,15)16)7-3-1-2-6(4-7)8-5-9(8)17/h1-4,8-9H,5,17H2. The smallest absolute Gasteiger partial charge is 0.327 e. The number of alkyl halides is 5. The molecule has 6 heteroatoms. The molecule has 2 atom stereocenters. The Kier molecular flexibility index (Phi) is 2.65. The van der Waals surface area contributed by atoms with Gasteiger partial charge in [-0.2, -0.15) is 22.0 Å². The van der Waals surface area contributed by atoms with Crippen molar-refractivity contribution in [2.75, 3.05) is 0 Å². The van der Waals surface area contributed by atoms with Gasteiger partial charge in [-0.3, -0.25) is 0 Å². The zero-order valence-electron chi connectivity index (χ0n) is 8.64. The van der Waals surface area contributed by atoms with Gasteiger partial charge >= 0.3 is 12.1 Å². The molecule has 1 aromatic rings. The molecule has 1 aromatic carbocycles. The second-order valence-corrected chi connectivity index (χ2v) is 4.20. The maximum atomic E-state index is 13.1. The molecule has 0 bridgehead atoms. The van der Waals surface area contributed by atoms with Crippen LogP contribution in [-0.4, -0.2) is 12.2 Å². The van der Waals surface area contributed by atoms with Gasteiger partial charge in [-0.05, 0) is 18.1 Å². The van der Waals surface area contributed by atoms with Crippen LogP contribution in [0, 0.1) is 0 Å². The lowest BCUT2D eigenvalue weighted by Crippen LogP contribution is -2.33. The van der Waals surface area contributed by atoms with Crippen molar-refractivity contribution in [3.8, 4) is 0 Å². The summed E-state index contributed by atoms with van der Waals surface area (Å²) in [7, 11) is 0. The minimum atomic E-state index is -5.57. The van der Waals surface area contributed by atoms with E-state index >= 15 is 0 Å². The summed E-state index contributed by atoms with van der Waals surface area (Å²) in [5.41, 5.74) is 4.95. The Bertz CT molecular complexity index is 426. The zero-order valence-corrected chi connectivity index (χ0v) is 8.64. The summed E-state index contributed by atoms with van der Waals surface area (Å²) >= 11 is 0. The monoisotopic (exact) mass is 251 g/mol. The van der Waals surface area contributed by atoms with Gasteiger partial charge in [-0.1, -0.05) is 18.2 Å². The second kappa shape index (κ2) is 3.66. The summed E-state index contributed by atoms with van der Waals surface area (Å²) in [6.45, 7) is 0. The Balaban J connectivity index is 2.33. The van der Waals surface area contributed by atoms with Crippen molar-refractivity contribution in [2.24, 2.45) is 5.73 Å². The summed E-state index contributed by atoms with van der Waals surface area (Å²) in [4.78, 5) is 0. The Labute approximate surface area is 94.4 Å². The van der Waals surface area contributed by atoms with Crippen molar-refractivity contribution >= 4 is 0 Å². The van der Waals surface area contributed by atoms with Gasteiger partial charge in [0, 0.05) is 17.5 Å². The molecule has 2 rings (SSSR count). The highest BCUT2D eigenvalue weighted by atomic mass is 19.4. The van der Waals surface area contributed by atoms with E-state index in [4.69, 9.17) is 5.73 Å². The van der Waals surface area contributed by atoms with Gasteiger partial charge in [0.25, 0.3) is 0 Å². The number of hydrogen-bond acceptors (Lipinski definition) is 1. The van der Waals surface area contributed by atoms with E-state index in [-0.39, 0.29) is 12.0 Å². The molecular formula is C11H10F5N. The van der Waals surface area contributed by atoms with Crippen LogP contribution < -0.4 is 5.73 Å². The molecular weight excluding hydrogens is 241 g/mol. The lowest BCUT2D eigenvalue weighted by Gasteiger charge is -2.20. The Hall–Kier alpha value is -1.17. The number of rotatable bonds is 2. The second-order valence-electron chi connectivity index (χ2n) is 4.20. The van der Waals surface area contributed by atoms with Crippen LogP contribution in [-0.2, 0) is 5.92 Å². The average Bonchev–Trinajstić information content (AvgIpc) is 2.94. The lowest BCUT2D eigenvalue weighted by molar-refractivity contribution is -0.289. The van der Waals surface area contributed by atoms with E-state index in [9.17, 15) is 22.0 Å². The van der Waals surface area contributed by atoms with Gasteiger partial charge in [0.1, 0.15) is 0 Å². The van der Waals surface area contributed by atoms with Crippen LogP contribution in [0.3, 0.4) is 0 Å². The van der Waals surface area contributed by atoms with E-state index in [0.29, 0.717) is 12.0 Å². The van der Waals surface area contributed by atoms with E-state index < -0.39 is 17.7 Å². The minimum Gasteiger partial charge on any atom is -0.327 e. The topological polar surface area (TPSA) is 26.0 Å². The molecule has 1 aliphatic carbocycles.